The summed E-state index contributed by atoms with van der Waals surface area (Å²) in [7, 11) is -3.75. The molecule has 0 aromatic rings. The van der Waals surface area contributed by atoms with Gasteiger partial charge in [0, 0.05) is 0 Å². The van der Waals surface area contributed by atoms with Crippen molar-refractivity contribution in [3.05, 3.63) is 22.8 Å². The minimum atomic E-state index is -3.75. The average molecular weight is 378 g/mol. The molecule has 0 aliphatic carbocycles. The van der Waals surface area contributed by atoms with Crippen molar-refractivity contribution in [2.75, 3.05) is 0 Å². The van der Waals surface area contributed by atoms with Crippen LogP contribution in [0, 0.1) is 0 Å². The third-order valence-corrected chi connectivity index (χ3v) is 6.60. The first-order chi connectivity index (χ1) is 9.39. The summed E-state index contributed by atoms with van der Waals surface area (Å²) < 4.78 is 29.8. The van der Waals surface area contributed by atoms with Crippen LogP contribution in [-0.2, 0) is 24.2 Å². The van der Waals surface area contributed by atoms with Gasteiger partial charge in [-0.3, -0.25) is 9.69 Å². The Balaban J connectivity index is 2.54. The number of β-lactam (4-membered cyclic amide) rings is 1. The van der Waals surface area contributed by atoms with E-state index in [2.05, 4.69) is 22.5 Å². The first kappa shape index (κ1) is 16.2. The lowest BCUT2D eigenvalue weighted by molar-refractivity contribution is -0.156. The first-order valence-corrected chi connectivity index (χ1v) is 8.70. The van der Waals surface area contributed by atoms with E-state index in [0.717, 1.165) is 4.90 Å². The Kier molecular flexibility index (Phi) is 3.61. The average Bonchev–Trinajstić information content (AvgIpc) is 2.32. The number of carbonyl (C=O) groups excluding carboxylic acids is 2. The molecule has 0 aromatic carbocycles. The zero-order chi connectivity index (χ0) is 16.3. The first-order valence-electron chi connectivity index (χ1n) is 6.24. The SMILES string of the molecule is C=C1C(C)=C(C(=O)OC(C)(C)C)N2C(=O)[C@H](Br)[C@@H]2S1(=O)=O. The van der Waals surface area contributed by atoms with Gasteiger partial charge in [-0.2, -0.15) is 0 Å². The fourth-order valence-corrected chi connectivity index (χ4v) is 5.25. The molecule has 6 nitrogen and oxygen atoms in total. The maximum atomic E-state index is 12.3. The van der Waals surface area contributed by atoms with Gasteiger partial charge in [0.15, 0.2) is 5.37 Å². The summed E-state index contributed by atoms with van der Waals surface area (Å²) >= 11 is 3.04. The Morgan fingerprint density at radius 2 is 1.90 bits per heavy atom. The van der Waals surface area contributed by atoms with E-state index in [0.29, 0.717) is 0 Å². The molecule has 2 heterocycles. The van der Waals surface area contributed by atoms with Crippen LogP contribution in [0.1, 0.15) is 27.7 Å². The smallest absolute Gasteiger partial charge is 0.355 e. The van der Waals surface area contributed by atoms with Gasteiger partial charge in [-0.15, -0.1) is 0 Å². The third-order valence-electron chi connectivity index (χ3n) is 3.25. The van der Waals surface area contributed by atoms with Crippen molar-refractivity contribution < 1.29 is 22.7 Å². The predicted octanol–water partition coefficient (Wildman–Crippen LogP) is 1.48. The normalized spacial score (nSPS) is 28.1. The highest BCUT2D eigenvalue weighted by Gasteiger charge is 2.60. The lowest BCUT2D eigenvalue weighted by atomic mass is 10.1. The van der Waals surface area contributed by atoms with E-state index >= 15 is 0 Å². The standard InChI is InChI=1S/C13H16BrNO5S/c1-6-7(2)21(18,19)11-8(14)10(16)15(11)9(6)12(17)20-13(3,4)5/h8,11H,2H2,1,3-5H3/t8-,11-/m0/s1. The summed E-state index contributed by atoms with van der Waals surface area (Å²) in [5.74, 6) is -1.20. The summed E-state index contributed by atoms with van der Waals surface area (Å²) in [5, 5.41) is -1.14. The minimum Gasteiger partial charge on any atom is -0.455 e. The second kappa shape index (κ2) is 4.67. The van der Waals surface area contributed by atoms with Gasteiger partial charge in [0.2, 0.25) is 15.7 Å². The molecule has 21 heavy (non-hydrogen) atoms. The number of nitrogens with zero attached hydrogens (tertiary/aromatic N) is 1. The van der Waals surface area contributed by atoms with Crippen LogP contribution in [0.3, 0.4) is 0 Å². The van der Waals surface area contributed by atoms with Crippen LogP contribution in [0.4, 0.5) is 0 Å². The number of hydrogen-bond donors (Lipinski definition) is 0. The fourth-order valence-electron chi connectivity index (χ4n) is 2.21. The van der Waals surface area contributed by atoms with Crippen molar-refractivity contribution >= 4 is 37.6 Å². The molecular formula is C13H16BrNO5S. The number of rotatable bonds is 1. The van der Waals surface area contributed by atoms with E-state index in [9.17, 15) is 18.0 Å². The maximum absolute atomic E-state index is 12.3. The fraction of sp³-hybridized carbons (Fsp3) is 0.538. The lowest BCUT2D eigenvalue weighted by Gasteiger charge is -2.47. The van der Waals surface area contributed by atoms with Crippen molar-refractivity contribution in [2.45, 2.75) is 43.5 Å². The third kappa shape index (κ3) is 2.34. The van der Waals surface area contributed by atoms with Gasteiger partial charge < -0.3 is 4.74 Å². The summed E-state index contributed by atoms with van der Waals surface area (Å²) in [6.07, 6.45) is 0. The largest absolute Gasteiger partial charge is 0.455 e. The number of amides is 1. The quantitative estimate of drug-likeness (QED) is 0.392. The maximum Gasteiger partial charge on any atom is 0.355 e. The van der Waals surface area contributed by atoms with Crippen molar-refractivity contribution in [3.63, 3.8) is 0 Å². The van der Waals surface area contributed by atoms with Crippen molar-refractivity contribution in [1.82, 2.24) is 4.90 Å². The van der Waals surface area contributed by atoms with Crippen molar-refractivity contribution in [2.24, 2.45) is 0 Å². The zero-order valence-electron chi connectivity index (χ0n) is 12.1. The van der Waals surface area contributed by atoms with Gasteiger partial charge >= 0.3 is 5.97 Å². The number of esters is 1. The van der Waals surface area contributed by atoms with Crippen LogP contribution in [0.5, 0.6) is 0 Å². The van der Waals surface area contributed by atoms with Crippen LogP contribution >= 0.6 is 15.9 Å². The molecule has 2 rings (SSSR count). The molecule has 0 N–H and O–H groups in total. The minimum absolute atomic E-state index is 0.0459. The number of ether oxygens (including phenoxy) is 1. The van der Waals surface area contributed by atoms with E-state index in [4.69, 9.17) is 4.74 Å². The molecule has 8 heteroatoms. The molecule has 0 bridgehead atoms. The molecular weight excluding hydrogens is 362 g/mol. The molecule has 1 saturated heterocycles. The summed E-state index contributed by atoms with van der Waals surface area (Å²) in [4.78, 5) is 24.2. The Labute approximate surface area is 131 Å². The summed E-state index contributed by atoms with van der Waals surface area (Å²) in [6, 6.07) is 0. The summed E-state index contributed by atoms with van der Waals surface area (Å²) in [6.45, 7) is 10.1. The van der Waals surface area contributed by atoms with Gasteiger partial charge in [0.25, 0.3) is 0 Å². The van der Waals surface area contributed by atoms with Crippen LogP contribution in [0.2, 0.25) is 0 Å². The van der Waals surface area contributed by atoms with Gasteiger partial charge in [-0.1, -0.05) is 22.5 Å². The Bertz CT molecular complexity index is 686. The molecule has 0 spiro atoms. The van der Waals surface area contributed by atoms with Gasteiger partial charge in [0.1, 0.15) is 16.1 Å². The molecule has 0 saturated carbocycles. The van der Waals surface area contributed by atoms with Gasteiger partial charge in [0.05, 0.1) is 4.91 Å². The number of carbonyl (C=O) groups is 2. The number of alkyl halides is 1. The molecule has 1 amide bonds. The second-order valence-electron chi connectivity index (χ2n) is 5.94. The second-order valence-corrected chi connectivity index (χ2v) is 9.00. The van der Waals surface area contributed by atoms with Crippen molar-refractivity contribution in [1.29, 1.82) is 0 Å². The molecule has 2 aliphatic heterocycles. The zero-order valence-corrected chi connectivity index (χ0v) is 14.5. The highest BCUT2D eigenvalue weighted by molar-refractivity contribution is 9.10. The molecule has 0 radical (unpaired) electrons. The van der Waals surface area contributed by atoms with E-state index in [-0.39, 0.29) is 16.2 Å². The van der Waals surface area contributed by atoms with Crippen LogP contribution in [0.25, 0.3) is 0 Å². The molecule has 1 fully saturated rings. The van der Waals surface area contributed by atoms with E-state index < -0.39 is 37.5 Å². The highest BCUT2D eigenvalue weighted by atomic mass is 79.9. The van der Waals surface area contributed by atoms with Crippen LogP contribution < -0.4 is 0 Å². The Morgan fingerprint density at radius 3 is 2.38 bits per heavy atom. The predicted molar refractivity (Wildman–Crippen MR) is 80.0 cm³/mol. The molecule has 116 valence electrons. The van der Waals surface area contributed by atoms with E-state index in [1.807, 2.05) is 0 Å². The summed E-state index contributed by atoms with van der Waals surface area (Å²) in [5.41, 5.74) is -0.650. The van der Waals surface area contributed by atoms with E-state index in [1.165, 1.54) is 6.92 Å². The number of sulfone groups is 1. The topological polar surface area (TPSA) is 80.8 Å². The van der Waals surface area contributed by atoms with Crippen LogP contribution in [0.15, 0.2) is 22.8 Å². The lowest BCUT2D eigenvalue weighted by Crippen LogP contribution is -2.67. The molecule has 2 aliphatic rings. The van der Waals surface area contributed by atoms with Crippen LogP contribution in [-0.4, -0.2) is 41.0 Å². The number of halogens is 1. The van der Waals surface area contributed by atoms with E-state index in [1.54, 1.807) is 20.8 Å². The number of allylic oxidation sites excluding steroid dienone is 1. The Morgan fingerprint density at radius 1 is 1.38 bits per heavy atom. The number of fused-ring (bicyclic) bond motifs is 1. The molecule has 2 atom stereocenters. The van der Waals surface area contributed by atoms with Gasteiger partial charge in [-0.25, -0.2) is 13.2 Å². The molecule has 0 aromatic heterocycles. The number of hydrogen-bond acceptors (Lipinski definition) is 5. The molecule has 0 unspecified atom stereocenters. The highest BCUT2D eigenvalue weighted by Crippen LogP contribution is 2.44. The Hall–Kier alpha value is -1.15. The monoisotopic (exact) mass is 377 g/mol. The van der Waals surface area contributed by atoms with Gasteiger partial charge in [-0.05, 0) is 33.3 Å². The van der Waals surface area contributed by atoms with Crippen molar-refractivity contribution in [3.8, 4) is 0 Å².